The quantitative estimate of drug-likeness (QED) is 0.353. The van der Waals surface area contributed by atoms with Gasteiger partial charge in [0.15, 0.2) is 0 Å². The molecule has 0 saturated heterocycles. The Hall–Kier alpha value is -4.30. The molecule has 0 fully saturated rings. The first kappa shape index (κ1) is 24.4. The number of alkyl halides is 1. The minimum absolute atomic E-state index is 0.225. The number of hydrogen-bond donors (Lipinski definition) is 3. The molecule has 4 aromatic heterocycles. The van der Waals surface area contributed by atoms with Gasteiger partial charge in [0.05, 0.1) is 69.6 Å². The summed E-state index contributed by atoms with van der Waals surface area (Å²) in [5.41, 5.74) is 3.38. The summed E-state index contributed by atoms with van der Waals surface area (Å²) in [6, 6.07) is 9.23. The Balaban J connectivity index is 1.52. The summed E-state index contributed by atoms with van der Waals surface area (Å²) in [5, 5.41) is 33.8. The Morgan fingerprint density at radius 1 is 1.22 bits per heavy atom. The number of pyridine rings is 1. The molecule has 37 heavy (non-hydrogen) atoms. The highest BCUT2D eigenvalue weighted by Gasteiger charge is 2.27. The van der Waals surface area contributed by atoms with Gasteiger partial charge in [-0.3, -0.25) is 14.5 Å². The number of fused-ring (bicyclic) bond motifs is 2. The summed E-state index contributed by atoms with van der Waals surface area (Å²) in [7, 11) is 0. The number of anilines is 2. The van der Waals surface area contributed by atoms with Crippen molar-refractivity contribution in [1.29, 1.82) is 5.26 Å². The molecular formula is C26H27FN8O2. The highest BCUT2D eigenvalue weighted by molar-refractivity contribution is 6.00. The molecule has 0 aromatic carbocycles. The van der Waals surface area contributed by atoms with Crippen molar-refractivity contribution in [3.63, 3.8) is 0 Å². The van der Waals surface area contributed by atoms with Gasteiger partial charge in [-0.05, 0) is 57.4 Å². The van der Waals surface area contributed by atoms with E-state index in [0.29, 0.717) is 22.6 Å². The summed E-state index contributed by atoms with van der Waals surface area (Å²) >= 11 is 0. The van der Waals surface area contributed by atoms with E-state index in [9.17, 15) is 14.3 Å². The Labute approximate surface area is 212 Å². The van der Waals surface area contributed by atoms with Gasteiger partial charge in [0.25, 0.3) is 5.91 Å². The topological polar surface area (TPSA) is 133 Å². The Kier molecular flexibility index (Phi) is 6.35. The smallest absolute Gasteiger partial charge is 0.255 e. The number of carbonyl (C=O) groups excluding carboxylic acids is 1. The van der Waals surface area contributed by atoms with Crippen molar-refractivity contribution in [3.8, 4) is 17.5 Å². The van der Waals surface area contributed by atoms with Crippen LogP contribution in [0.1, 0.15) is 48.3 Å². The third kappa shape index (κ3) is 4.88. The Morgan fingerprint density at radius 3 is 2.84 bits per heavy atom. The highest BCUT2D eigenvalue weighted by atomic mass is 19.1. The van der Waals surface area contributed by atoms with Gasteiger partial charge in [-0.15, -0.1) is 0 Å². The lowest BCUT2D eigenvalue weighted by molar-refractivity contribution is -0.00177. The number of halogens is 1. The number of amides is 1. The molecule has 1 aliphatic rings. The van der Waals surface area contributed by atoms with Crippen molar-refractivity contribution >= 4 is 22.8 Å². The third-order valence-corrected chi connectivity index (χ3v) is 6.50. The van der Waals surface area contributed by atoms with Crippen molar-refractivity contribution in [2.45, 2.75) is 51.4 Å². The molecule has 5 rings (SSSR count). The lowest BCUT2D eigenvalue weighted by atomic mass is 10.0. The molecule has 0 bridgehead atoms. The number of hydrogen-bond acceptors (Lipinski definition) is 7. The maximum Gasteiger partial charge on any atom is 0.255 e. The van der Waals surface area contributed by atoms with Crippen LogP contribution in [0.2, 0.25) is 0 Å². The summed E-state index contributed by atoms with van der Waals surface area (Å²) < 4.78 is 17.9. The molecule has 1 amide bonds. The number of nitrogens with zero attached hydrogens (tertiary/aromatic N) is 6. The maximum absolute atomic E-state index is 14.3. The van der Waals surface area contributed by atoms with Crippen LogP contribution < -0.4 is 10.6 Å². The number of nitriles is 1. The van der Waals surface area contributed by atoms with Gasteiger partial charge in [0.2, 0.25) is 0 Å². The monoisotopic (exact) mass is 502 g/mol. The predicted molar refractivity (Wildman–Crippen MR) is 135 cm³/mol. The number of aliphatic hydroxyl groups is 1. The first-order valence-corrected chi connectivity index (χ1v) is 12.1. The van der Waals surface area contributed by atoms with E-state index in [2.05, 4.69) is 31.9 Å². The van der Waals surface area contributed by atoms with Crippen molar-refractivity contribution in [2.75, 3.05) is 11.9 Å². The van der Waals surface area contributed by atoms with Crippen LogP contribution in [-0.2, 0) is 13.0 Å². The summed E-state index contributed by atoms with van der Waals surface area (Å²) in [4.78, 5) is 17.6. The molecule has 0 radical (unpaired) electrons. The first-order chi connectivity index (χ1) is 17.7. The number of nitrogens with one attached hydrogen (secondary N) is 2. The van der Waals surface area contributed by atoms with Gasteiger partial charge in [-0.1, -0.05) is 0 Å². The molecule has 0 saturated carbocycles. The predicted octanol–water partition coefficient (Wildman–Crippen LogP) is 3.38. The van der Waals surface area contributed by atoms with Gasteiger partial charge in [-0.2, -0.15) is 15.5 Å². The zero-order chi connectivity index (χ0) is 26.2. The number of aromatic nitrogens is 5. The van der Waals surface area contributed by atoms with Crippen LogP contribution in [0.25, 0.3) is 16.9 Å². The van der Waals surface area contributed by atoms with Crippen LogP contribution in [0.15, 0.2) is 42.9 Å². The molecular weight excluding hydrogens is 475 g/mol. The van der Waals surface area contributed by atoms with E-state index >= 15 is 0 Å². The van der Waals surface area contributed by atoms with E-state index in [1.807, 2.05) is 16.8 Å². The molecule has 4 aromatic rings. The molecule has 1 atom stereocenters. The van der Waals surface area contributed by atoms with Crippen LogP contribution in [0.5, 0.6) is 0 Å². The van der Waals surface area contributed by atoms with Crippen LogP contribution in [-0.4, -0.2) is 53.7 Å². The van der Waals surface area contributed by atoms with E-state index in [1.165, 1.54) is 26.2 Å². The number of aryl methyl sites for hydroxylation is 1. The van der Waals surface area contributed by atoms with E-state index in [0.717, 1.165) is 42.7 Å². The van der Waals surface area contributed by atoms with E-state index in [4.69, 9.17) is 5.26 Å². The van der Waals surface area contributed by atoms with E-state index in [-0.39, 0.29) is 12.1 Å². The lowest BCUT2D eigenvalue weighted by Gasteiger charge is -2.22. The maximum atomic E-state index is 14.3. The number of rotatable bonds is 7. The molecule has 1 aliphatic heterocycles. The lowest BCUT2D eigenvalue weighted by Crippen LogP contribution is -2.42. The average Bonchev–Trinajstić information content (AvgIpc) is 3.50. The fourth-order valence-electron chi connectivity index (χ4n) is 4.33. The molecule has 1 unspecified atom stereocenters. The van der Waals surface area contributed by atoms with E-state index in [1.54, 1.807) is 22.8 Å². The zero-order valence-corrected chi connectivity index (χ0v) is 20.6. The van der Waals surface area contributed by atoms with Crippen molar-refractivity contribution < 1.29 is 14.3 Å². The van der Waals surface area contributed by atoms with Gasteiger partial charge in [-0.25, -0.2) is 8.91 Å². The van der Waals surface area contributed by atoms with Crippen LogP contribution in [0, 0.1) is 11.3 Å². The third-order valence-electron chi connectivity index (χ3n) is 6.50. The molecule has 10 nitrogen and oxygen atoms in total. The fourth-order valence-corrected chi connectivity index (χ4v) is 4.33. The molecule has 190 valence electrons. The Morgan fingerprint density at radius 2 is 2.05 bits per heavy atom. The standard InChI is InChI=1S/C26H27FN8O2/c1-26(2,37)24(27)15-30-25(36)18-13-29-20(23-7-6-17-9-16(11-28)12-32-35(17)23)10-19(18)33-21-14-31-34-8-4-3-5-22(21)34/h6-7,9-10,12-14,24,37H,3-5,8,15H2,1-2H3,(H,29,33)(H,30,36). The van der Waals surface area contributed by atoms with Crippen molar-refractivity contribution in [3.05, 3.63) is 59.7 Å². The van der Waals surface area contributed by atoms with Crippen LogP contribution in [0.4, 0.5) is 15.8 Å². The van der Waals surface area contributed by atoms with E-state index < -0.39 is 17.7 Å². The van der Waals surface area contributed by atoms with Gasteiger partial charge < -0.3 is 15.7 Å². The second-order valence-electron chi connectivity index (χ2n) is 9.67. The molecule has 5 heterocycles. The largest absolute Gasteiger partial charge is 0.387 e. The van der Waals surface area contributed by atoms with Crippen molar-refractivity contribution in [2.24, 2.45) is 0 Å². The fraction of sp³-hybridized carbons (Fsp3) is 0.346. The summed E-state index contributed by atoms with van der Waals surface area (Å²) in [6.07, 6.45) is 6.00. The first-order valence-electron chi connectivity index (χ1n) is 12.1. The molecule has 0 aliphatic carbocycles. The Bertz CT molecular complexity index is 1510. The average molecular weight is 503 g/mol. The minimum Gasteiger partial charge on any atom is -0.387 e. The van der Waals surface area contributed by atoms with Gasteiger partial charge in [0, 0.05) is 12.7 Å². The number of carbonyl (C=O) groups is 1. The molecule has 3 N–H and O–H groups in total. The highest BCUT2D eigenvalue weighted by Crippen LogP contribution is 2.30. The van der Waals surface area contributed by atoms with Crippen LogP contribution in [0.3, 0.4) is 0 Å². The molecule has 11 heteroatoms. The van der Waals surface area contributed by atoms with Gasteiger partial charge >= 0.3 is 0 Å². The summed E-state index contributed by atoms with van der Waals surface area (Å²) in [6.45, 7) is 3.20. The second-order valence-corrected chi connectivity index (χ2v) is 9.67. The minimum atomic E-state index is -1.64. The van der Waals surface area contributed by atoms with Crippen LogP contribution >= 0.6 is 0 Å². The second kappa shape index (κ2) is 9.63. The van der Waals surface area contributed by atoms with Gasteiger partial charge in [0.1, 0.15) is 12.2 Å². The molecule has 0 spiro atoms. The summed E-state index contributed by atoms with van der Waals surface area (Å²) in [5.74, 6) is -0.522. The zero-order valence-electron chi connectivity index (χ0n) is 20.6. The SMILES string of the molecule is CC(C)(O)C(F)CNC(=O)c1cnc(-c2ccc3cc(C#N)cnn23)cc1Nc1cnn2c1CCCC2. The normalized spacial score (nSPS) is 14.1. The van der Waals surface area contributed by atoms with Crippen molar-refractivity contribution in [1.82, 2.24) is 29.7 Å².